The number of methoxy groups -OCH3 is 1. The second-order valence-electron chi connectivity index (χ2n) is 6.67. The van der Waals surface area contributed by atoms with E-state index in [2.05, 4.69) is 32.3 Å². The second kappa shape index (κ2) is 8.63. The summed E-state index contributed by atoms with van der Waals surface area (Å²) in [5.41, 5.74) is 6.60. The quantitative estimate of drug-likeness (QED) is 0.561. The fourth-order valence-electron chi connectivity index (χ4n) is 3.19. The molecule has 1 aliphatic heterocycles. The summed E-state index contributed by atoms with van der Waals surface area (Å²) in [7, 11) is 1.67. The minimum atomic E-state index is -0.586. The van der Waals surface area contributed by atoms with E-state index in [9.17, 15) is 10.1 Å². The van der Waals surface area contributed by atoms with E-state index in [1.54, 1.807) is 7.11 Å². The van der Waals surface area contributed by atoms with Gasteiger partial charge in [0.25, 0.3) is 0 Å². The summed E-state index contributed by atoms with van der Waals surface area (Å²) in [6.45, 7) is 3.73. The van der Waals surface area contributed by atoms with Crippen molar-refractivity contribution in [3.8, 4) is 5.75 Å². The minimum absolute atomic E-state index is 0.119. The van der Waals surface area contributed by atoms with Crippen molar-refractivity contribution in [3.63, 3.8) is 0 Å². The van der Waals surface area contributed by atoms with E-state index in [4.69, 9.17) is 10.5 Å². The van der Waals surface area contributed by atoms with Gasteiger partial charge in [-0.2, -0.15) is 4.98 Å². The van der Waals surface area contributed by atoms with Crippen molar-refractivity contribution in [2.24, 2.45) is 5.92 Å². The highest BCUT2D eigenvalue weighted by Crippen LogP contribution is 2.22. The van der Waals surface area contributed by atoms with Crippen molar-refractivity contribution < 1.29 is 9.66 Å². The number of nitrogens with one attached hydrogen (secondary N) is 1. The van der Waals surface area contributed by atoms with Crippen LogP contribution in [0.25, 0.3) is 0 Å². The second-order valence-corrected chi connectivity index (χ2v) is 6.67. The summed E-state index contributed by atoms with van der Waals surface area (Å²) in [6.07, 6.45) is 3.29. The molecule has 3 rings (SSSR count). The number of hydrogen-bond donors (Lipinski definition) is 2. The third kappa shape index (κ3) is 5.04. The van der Waals surface area contributed by atoms with E-state index in [1.807, 2.05) is 12.1 Å². The van der Waals surface area contributed by atoms with Crippen LogP contribution in [0.5, 0.6) is 5.75 Å². The van der Waals surface area contributed by atoms with Crippen LogP contribution in [0.3, 0.4) is 0 Å². The number of likely N-dealkylation sites (tertiary alicyclic amines) is 1. The zero-order valence-electron chi connectivity index (χ0n) is 15.3. The average Bonchev–Trinajstić information content (AvgIpc) is 2.68. The van der Waals surface area contributed by atoms with Gasteiger partial charge in [-0.1, -0.05) is 12.1 Å². The number of piperidine rings is 1. The molecule has 0 unspecified atom stereocenters. The monoisotopic (exact) mass is 372 g/mol. The van der Waals surface area contributed by atoms with Crippen LogP contribution in [0, 0.1) is 16.0 Å². The van der Waals surface area contributed by atoms with Crippen LogP contribution in [-0.2, 0) is 6.54 Å². The number of nitro groups is 1. The van der Waals surface area contributed by atoms with Gasteiger partial charge in [0.2, 0.25) is 11.8 Å². The first-order valence-electron chi connectivity index (χ1n) is 8.91. The molecule has 1 aliphatic rings. The Morgan fingerprint density at radius 1 is 1.33 bits per heavy atom. The summed E-state index contributed by atoms with van der Waals surface area (Å²) < 4.78 is 5.19. The van der Waals surface area contributed by atoms with Crippen LogP contribution >= 0.6 is 0 Å². The van der Waals surface area contributed by atoms with Crippen molar-refractivity contribution in [1.29, 1.82) is 0 Å². The summed E-state index contributed by atoms with van der Waals surface area (Å²) >= 11 is 0. The van der Waals surface area contributed by atoms with Crippen LogP contribution < -0.4 is 15.8 Å². The Kier molecular flexibility index (Phi) is 6.02. The Hall–Kier alpha value is -2.94. The van der Waals surface area contributed by atoms with Gasteiger partial charge in [0.15, 0.2) is 0 Å². The van der Waals surface area contributed by atoms with E-state index in [-0.39, 0.29) is 11.5 Å². The molecule has 2 aromatic rings. The smallest absolute Gasteiger partial charge is 0.329 e. The molecule has 9 heteroatoms. The Morgan fingerprint density at radius 2 is 2.04 bits per heavy atom. The van der Waals surface area contributed by atoms with Crippen LogP contribution in [0.2, 0.25) is 0 Å². The number of nitrogens with zero attached hydrogens (tertiary/aromatic N) is 4. The normalized spacial score (nSPS) is 15.4. The van der Waals surface area contributed by atoms with Crippen LogP contribution in [0.15, 0.2) is 30.5 Å². The molecule has 1 fully saturated rings. The van der Waals surface area contributed by atoms with E-state index in [1.165, 1.54) is 5.56 Å². The number of benzene rings is 1. The van der Waals surface area contributed by atoms with E-state index < -0.39 is 4.92 Å². The first-order valence-corrected chi connectivity index (χ1v) is 8.91. The zero-order chi connectivity index (χ0) is 19.2. The third-order valence-corrected chi connectivity index (χ3v) is 4.82. The molecule has 0 aliphatic carbocycles. The number of nitrogen functional groups attached to an aromatic ring is 1. The molecule has 1 aromatic carbocycles. The van der Waals surface area contributed by atoms with Crippen molar-refractivity contribution in [2.45, 2.75) is 19.4 Å². The summed E-state index contributed by atoms with van der Waals surface area (Å²) in [6, 6.07) is 8.18. The lowest BCUT2D eigenvalue weighted by molar-refractivity contribution is -0.384. The molecular formula is C18H24N6O3. The Morgan fingerprint density at radius 3 is 2.63 bits per heavy atom. The average molecular weight is 372 g/mol. The highest BCUT2D eigenvalue weighted by atomic mass is 16.6. The number of anilines is 2. The molecule has 0 spiro atoms. The minimum Gasteiger partial charge on any atom is -0.497 e. The van der Waals surface area contributed by atoms with Gasteiger partial charge < -0.3 is 15.8 Å². The highest BCUT2D eigenvalue weighted by molar-refractivity contribution is 5.53. The number of hydrogen-bond acceptors (Lipinski definition) is 8. The van der Waals surface area contributed by atoms with Gasteiger partial charge in [-0.25, -0.2) is 4.98 Å². The lowest BCUT2D eigenvalue weighted by atomic mass is 9.96. The van der Waals surface area contributed by atoms with E-state index in [0.717, 1.165) is 51.0 Å². The molecule has 1 saturated heterocycles. The molecule has 0 bridgehead atoms. The molecule has 0 radical (unpaired) electrons. The number of aromatic nitrogens is 2. The van der Waals surface area contributed by atoms with Crippen LogP contribution in [0.1, 0.15) is 18.4 Å². The maximum absolute atomic E-state index is 10.7. The van der Waals surface area contributed by atoms with Gasteiger partial charge in [-0.05, 0) is 49.5 Å². The van der Waals surface area contributed by atoms with Crippen LogP contribution in [0.4, 0.5) is 17.5 Å². The fourth-order valence-corrected chi connectivity index (χ4v) is 3.19. The van der Waals surface area contributed by atoms with Gasteiger partial charge in [0.1, 0.15) is 11.9 Å². The Labute approximate surface area is 157 Å². The topological polar surface area (TPSA) is 119 Å². The van der Waals surface area contributed by atoms with Crippen molar-refractivity contribution >= 4 is 17.5 Å². The third-order valence-electron chi connectivity index (χ3n) is 4.82. The van der Waals surface area contributed by atoms with Crippen molar-refractivity contribution in [2.75, 3.05) is 37.8 Å². The molecule has 144 valence electrons. The molecule has 0 saturated carbocycles. The predicted octanol–water partition coefficient (Wildman–Crippen LogP) is 2.30. The molecule has 2 heterocycles. The highest BCUT2D eigenvalue weighted by Gasteiger charge is 2.20. The standard InChI is InChI=1S/C18H24N6O3/c1-27-15-4-2-14(3-5-15)12-23-8-6-13(7-9-23)10-20-18-21-11-16(24(25)26)17(19)22-18/h2-5,11,13H,6-10,12H2,1H3,(H3,19,20,21,22). The molecule has 3 N–H and O–H groups in total. The van der Waals surface area contributed by atoms with Gasteiger partial charge in [-0.15, -0.1) is 0 Å². The lowest BCUT2D eigenvalue weighted by Gasteiger charge is -2.32. The van der Waals surface area contributed by atoms with Gasteiger partial charge in [0.05, 0.1) is 12.0 Å². The summed E-state index contributed by atoms with van der Waals surface area (Å²) in [5, 5.41) is 13.9. The first kappa shape index (κ1) is 18.8. The molecule has 27 heavy (non-hydrogen) atoms. The van der Waals surface area contributed by atoms with Gasteiger partial charge in [-0.3, -0.25) is 15.0 Å². The molecule has 0 amide bonds. The zero-order valence-corrected chi connectivity index (χ0v) is 15.3. The Balaban J connectivity index is 1.44. The maximum Gasteiger partial charge on any atom is 0.329 e. The summed E-state index contributed by atoms with van der Waals surface area (Å²) in [4.78, 5) is 20.5. The first-order chi connectivity index (χ1) is 13.0. The van der Waals surface area contributed by atoms with E-state index >= 15 is 0 Å². The van der Waals surface area contributed by atoms with Crippen molar-refractivity contribution in [3.05, 3.63) is 46.1 Å². The maximum atomic E-state index is 10.7. The molecule has 0 atom stereocenters. The van der Waals surface area contributed by atoms with Crippen molar-refractivity contribution in [1.82, 2.24) is 14.9 Å². The Bertz CT molecular complexity index is 775. The van der Waals surface area contributed by atoms with Gasteiger partial charge in [0, 0.05) is 13.1 Å². The molecule has 1 aromatic heterocycles. The number of nitrogens with two attached hydrogens (primary N) is 1. The van der Waals surface area contributed by atoms with E-state index in [0.29, 0.717) is 11.9 Å². The molecular weight excluding hydrogens is 348 g/mol. The number of rotatable bonds is 7. The van der Waals surface area contributed by atoms with Crippen LogP contribution in [-0.4, -0.2) is 46.5 Å². The SMILES string of the molecule is COc1ccc(CN2CCC(CNc3ncc([N+](=O)[O-])c(N)n3)CC2)cc1. The largest absolute Gasteiger partial charge is 0.497 e. The number of ether oxygens (including phenoxy) is 1. The van der Waals surface area contributed by atoms with Gasteiger partial charge >= 0.3 is 5.69 Å². The fraction of sp³-hybridized carbons (Fsp3) is 0.444. The lowest BCUT2D eigenvalue weighted by Crippen LogP contribution is -2.35. The summed E-state index contributed by atoms with van der Waals surface area (Å²) in [5.74, 6) is 1.60. The predicted molar refractivity (Wildman–Crippen MR) is 103 cm³/mol. The molecule has 9 nitrogen and oxygen atoms in total.